The average Bonchev–Trinajstić information content (AvgIpc) is 2.85. The summed E-state index contributed by atoms with van der Waals surface area (Å²) in [6.07, 6.45) is 1.10. The second-order valence-electron chi connectivity index (χ2n) is 4.63. The highest BCUT2D eigenvalue weighted by Crippen LogP contribution is 2.23. The molecule has 2 rings (SSSR count). The van der Waals surface area contributed by atoms with E-state index < -0.39 is 0 Å². The molecule has 0 saturated heterocycles. The van der Waals surface area contributed by atoms with E-state index in [9.17, 15) is 0 Å². The molecular weight excluding hydrogens is 242 g/mol. The van der Waals surface area contributed by atoms with E-state index in [4.69, 9.17) is 0 Å². The third-order valence-corrected chi connectivity index (χ3v) is 3.46. The van der Waals surface area contributed by atoms with Crippen LogP contribution in [0.4, 0.5) is 5.13 Å². The van der Waals surface area contributed by atoms with Crippen molar-refractivity contribution >= 4 is 16.7 Å². The Morgan fingerprint density at radius 3 is 2.56 bits per heavy atom. The Bertz CT molecular complexity index is 488. The zero-order valence-electron chi connectivity index (χ0n) is 11.1. The van der Waals surface area contributed by atoms with E-state index in [1.807, 2.05) is 0 Å². The Balaban J connectivity index is 2.13. The molecule has 18 heavy (non-hydrogen) atoms. The standard InChI is InChI=1S/C14H19N3S/c1-4-9-15-14-16-13(17-18-14)12-7-5-11(6-8-12)10(2)3/h5-8,10H,4,9H2,1-3H3,(H,15,16,17). The van der Waals surface area contributed by atoms with Crippen molar-refractivity contribution in [3.8, 4) is 11.4 Å². The van der Waals surface area contributed by atoms with E-state index in [-0.39, 0.29) is 0 Å². The van der Waals surface area contributed by atoms with E-state index in [0.717, 1.165) is 29.5 Å². The topological polar surface area (TPSA) is 37.8 Å². The summed E-state index contributed by atoms with van der Waals surface area (Å²) in [5.41, 5.74) is 2.43. The van der Waals surface area contributed by atoms with Crippen molar-refractivity contribution in [1.82, 2.24) is 9.36 Å². The van der Waals surface area contributed by atoms with Crippen LogP contribution in [0.5, 0.6) is 0 Å². The zero-order chi connectivity index (χ0) is 13.0. The van der Waals surface area contributed by atoms with Crippen LogP contribution in [0.1, 0.15) is 38.7 Å². The van der Waals surface area contributed by atoms with Crippen LogP contribution in [-0.2, 0) is 0 Å². The minimum Gasteiger partial charge on any atom is -0.360 e. The van der Waals surface area contributed by atoms with Gasteiger partial charge in [0.1, 0.15) is 0 Å². The second-order valence-corrected chi connectivity index (χ2v) is 5.38. The summed E-state index contributed by atoms with van der Waals surface area (Å²) >= 11 is 1.42. The maximum Gasteiger partial charge on any atom is 0.202 e. The molecule has 0 bridgehead atoms. The molecule has 4 heteroatoms. The molecule has 0 spiro atoms. The van der Waals surface area contributed by atoms with Gasteiger partial charge in [-0.1, -0.05) is 45.0 Å². The van der Waals surface area contributed by atoms with E-state index in [0.29, 0.717) is 5.92 Å². The Kier molecular flexibility index (Phi) is 4.31. The molecule has 0 aliphatic carbocycles. The van der Waals surface area contributed by atoms with Crippen molar-refractivity contribution < 1.29 is 0 Å². The van der Waals surface area contributed by atoms with Crippen LogP contribution in [0.2, 0.25) is 0 Å². The van der Waals surface area contributed by atoms with Gasteiger partial charge in [0.2, 0.25) is 5.13 Å². The van der Waals surface area contributed by atoms with Gasteiger partial charge in [-0.2, -0.15) is 9.36 Å². The lowest BCUT2D eigenvalue weighted by Gasteiger charge is -2.04. The largest absolute Gasteiger partial charge is 0.360 e. The Labute approximate surface area is 112 Å². The molecule has 0 atom stereocenters. The van der Waals surface area contributed by atoms with Crippen LogP contribution < -0.4 is 5.32 Å². The Morgan fingerprint density at radius 2 is 1.94 bits per heavy atom. The molecule has 0 aliphatic rings. The minimum absolute atomic E-state index is 0.559. The lowest BCUT2D eigenvalue weighted by Crippen LogP contribution is -1.98. The zero-order valence-corrected chi connectivity index (χ0v) is 11.9. The molecule has 1 aromatic carbocycles. The predicted octanol–water partition coefficient (Wildman–Crippen LogP) is 4.15. The molecule has 0 saturated carbocycles. The van der Waals surface area contributed by atoms with E-state index >= 15 is 0 Å². The normalized spacial score (nSPS) is 10.9. The molecule has 0 unspecified atom stereocenters. The van der Waals surface area contributed by atoms with Gasteiger partial charge >= 0.3 is 0 Å². The summed E-state index contributed by atoms with van der Waals surface area (Å²) in [6, 6.07) is 8.50. The van der Waals surface area contributed by atoms with E-state index in [1.165, 1.54) is 17.1 Å². The lowest BCUT2D eigenvalue weighted by atomic mass is 10.0. The van der Waals surface area contributed by atoms with Gasteiger partial charge in [-0.3, -0.25) is 0 Å². The summed E-state index contributed by atoms with van der Waals surface area (Å²) in [7, 11) is 0. The van der Waals surface area contributed by atoms with Crippen molar-refractivity contribution in [3.63, 3.8) is 0 Å². The molecular formula is C14H19N3S. The number of aromatic nitrogens is 2. The summed E-state index contributed by atoms with van der Waals surface area (Å²) in [5, 5.41) is 4.16. The molecule has 0 amide bonds. The van der Waals surface area contributed by atoms with Gasteiger partial charge < -0.3 is 5.32 Å². The second kappa shape index (κ2) is 5.96. The van der Waals surface area contributed by atoms with Gasteiger partial charge in [-0.15, -0.1) is 0 Å². The first-order valence-corrected chi connectivity index (χ1v) is 7.16. The summed E-state index contributed by atoms with van der Waals surface area (Å²) < 4.78 is 4.38. The van der Waals surface area contributed by atoms with Crippen LogP contribution in [0, 0.1) is 0 Å². The first kappa shape index (κ1) is 13.0. The number of benzene rings is 1. The number of rotatable bonds is 5. The van der Waals surface area contributed by atoms with Crippen LogP contribution in [-0.4, -0.2) is 15.9 Å². The maximum atomic E-state index is 4.49. The van der Waals surface area contributed by atoms with Gasteiger partial charge in [0.15, 0.2) is 5.82 Å². The fourth-order valence-corrected chi connectivity index (χ4v) is 2.27. The summed E-state index contributed by atoms with van der Waals surface area (Å²) in [4.78, 5) is 4.49. The lowest BCUT2D eigenvalue weighted by molar-refractivity contribution is 0.867. The molecule has 0 radical (unpaired) electrons. The minimum atomic E-state index is 0.559. The maximum absolute atomic E-state index is 4.49. The fraction of sp³-hybridized carbons (Fsp3) is 0.429. The van der Waals surface area contributed by atoms with Crippen molar-refractivity contribution in [2.45, 2.75) is 33.1 Å². The highest BCUT2D eigenvalue weighted by atomic mass is 32.1. The molecule has 96 valence electrons. The van der Waals surface area contributed by atoms with Gasteiger partial charge in [-0.25, -0.2) is 0 Å². The van der Waals surface area contributed by atoms with Crippen LogP contribution >= 0.6 is 11.5 Å². The number of hydrogen-bond donors (Lipinski definition) is 1. The van der Waals surface area contributed by atoms with Crippen molar-refractivity contribution in [2.24, 2.45) is 0 Å². The number of nitrogens with one attached hydrogen (secondary N) is 1. The molecule has 0 aliphatic heterocycles. The molecule has 1 N–H and O–H groups in total. The molecule has 2 aromatic rings. The van der Waals surface area contributed by atoms with Gasteiger partial charge in [0, 0.05) is 23.6 Å². The van der Waals surface area contributed by atoms with Gasteiger partial charge in [0.25, 0.3) is 0 Å². The third kappa shape index (κ3) is 3.07. The number of nitrogens with zero attached hydrogens (tertiary/aromatic N) is 2. The van der Waals surface area contributed by atoms with Crippen LogP contribution in [0.3, 0.4) is 0 Å². The average molecular weight is 261 g/mol. The van der Waals surface area contributed by atoms with E-state index in [1.54, 1.807) is 0 Å². The quantitative estimate of drug-likeness (QED) is 0.878. The van der Waals surface area contributed by atoms with Gasteiger partial charge in [-0.05, 0) is 17.9 Å². The highest BCUT2D eigenvalue weighted by Gasteiger charge is 2.06. The van der Waals surface area contributed by atoms with Crippen LogP contribution in [0.15, 0.2) is 24.3 Å². The summed E-state index contributed by atoms with van der Waals surface area (Å²) in [6.45, 7) is 7.48. The number of hydrogen-bond acceptors (Lipinski definition) is 4. The SMILES string of the molecule is CCCNc1nc(-c2ccc(C(C)C)cc2)ns1. The van der Waals surface area contributed by atoms with Crippen LogP contribution in [0.25, 0.3) is 11.4 Å². The number of anilines is 1. The molecule has 1 heterocycles. The monoisotopic (exact) mass is 261 g/mol. The van der Waals surface area contributed by atoms with Crippen molar-refractivity contribution in [2.75, 3.05) is 11.9 Å². The Morgan fingerprint density at radius 1 is 1.22 bits per heavy atom. The fourth-order valence-electron chi connectivity index (χ4n) is 1.66. The van der Waals surface area contributed by atoms with Crippen molar-refractivity contribution in [1.29, 1.82) is 0 Å². The van der Waals surface area contributed by atoms with E-state index in [2.05, 4.69) is 59.7 Å². The first-order valence-electron chi connectivity index (χ1n) is 6.38. The van der Waals surface area contributed by atoms with Gasteiger partial charge in [0.05, 0.1) is 0 Å². The van der Waals surface area contributed by atoms with Crippen molar-refractivity contribution in [3.05, 3.63) is 29.8 Å². The molecule has 1 aromatic heterocycles. The summed E-state index contributed by atoms with van der Waals surface area (Å²) in [5.74, 6) is 1.37. The highest BCUT2D eigenvalue weighted by molar-refractivity contribution is 7.09. The molecule has 0 fully saturated rings. The first-order chi connectivity index (χ1) is 8.70. The third-order valence-electron chi connectivity index (χ3n) is 2.79. The smallest absolute Gasteiger partial charge is 0.202 e. The molecule has 3 nitrogen and oxygen atoms in total. The predicted molar refractivity (Wildman–Crippen MR) is 78.2 cm³/mol. The Hall–Kier alpha value is -1.42.